The zero-order valence-electron chi connectivity index (χ0n) is 17.0. The molecule has 6 heteroatoms. The van der Waals surface area contributed by atoms with Crippen LogP contribution in [0.3, 0.4) is 0 Å². The lowest BCUT2D eigenvalue weighted by Crippen LogP contribution is -2.39. The molecule has 1 heterocycles. The van der Waals surface area contributed by atoms with Gasteiger partial charge in [-0.15, -0.1) is 0 Å². The largest absolute Gasteiger partial charge is 0.353 e. The molecule has 5 nitrogen and oxygen atoms in total. The summed E-state index contributed by atoms with van der Waals surface area (Å²) < 4.78 is 27.2. The summed E-state index contributed by atoms with van der Waals surface area (Å²) in [5, 5.41) is 3.21. The summed E-state index contributed by atoms with van der Waals surface area (Å²) in [5.41, 5.74) is 1.06. The molecule has 28 heavy (non-hydrogen) atoms. The number of carbonyl (C=O) groups excluding carboxylic acids is 1. The van der Waals surface area contributed by atoms with E-state index in [0.29, 0.717) is 36.4 Å². The SMILES string of the molecule is Cc1ccc(S(=O)(=O)N2CCC(CCC(=O)NC3CCCCCC3)CC2)cc1. The summed E-state index contributed by atoms with van der Waals surface area (Å²) in [6.45, 7) is 3.05. The Balaban J connectivity index is 1.42. The van der Waals surface area contributed by atoms with Crippen molar-refractivity contribution in [2.45, 2.75) is 82.1 Å². The molecule has 1 saturated carbocycles. The van der Waals surface area contributed by atoms with Crippen LogP contribution in [0.2, 0.25) is 0 Å². The molecule has 1 aliphatic heterocycles. The van der Waals surface area contributed by atoms with Crippen LogP contribution in [0.4, 0.5) is 0 Å². The minimum atomic E-state index is -3.40. The van der Waals surface area contributed by atoms with E-state index in [1.807, 2.05) is 19.1 Å². The number of carbonyl (C=O) groups is 1. The maximum absolute atomic E-state index is 12.8. The van der Waals surface area contributed by atoms with Crippen LogP contribution in [-0.4, -0.2) is 37.8 Å². The van der Waals surface area contributed by atoms with E-state index in [-0.39, 0.29) is 5.91 Å². The van der Waals surface area contributed by atoms with Crippen LogP contribution in [0.5, 0.6) is 0 Å². The lowest BCUT2D eigenvalue weighted by atomic mass is 9.93. The molecule has 1 aliphatic carbocycles. The fourth-order valence-electron chi connectivity index (χ4n) is 4.36. The van der Waals surface area contributed by atoms with E-state index in [2.05, 4.69) is 5.32 Å². The number of hydrogen-bond acceptors (Lipinski definition) is 3. The van der Waals surface area contributed by atoms with Crippen LogP contribution in [-0.2, 0) is 14.8 Å². The number of benzene rings is 1. The monoisotopic (exact) mass is 406 g/mol. The van der Waals surface area contributed by atoms with E-state index in [9.17, 15) is 13.2 Å². The molecule has 0 atom stereocenters. The van der Waals surface area contributed by atoms with Gasteiger partial charge in [0.1, 0.15) is 0 Å². The van der Waals surface area contributed by atoms with Crippen LogP contribution >= 0.6 is 0 Å². The van der Waals surface area contributed by atoms with Crippen molar-refractivity contribution < 1.29 is 13.2 Å². The van der Waals surface area contributed by atoms with Crippen molar-refractivity contribution in [1.82, 2.24) is 9.62 Å². The molecule has 0 unspecified atom stereocenters. The van der Waals surface area contributed by atoms with E-state index in [4.69, 9.17) is 0 Å². The number of nitrogens with one attached hydrogen (secondary N) is 1. The summed E-state index contributed by atoms with van der Waals surface area (Å²) in [5.74, 6) is 0.603. The van der Waals surface area contributed by atoms with Crippen LogP contribution < -0.4 is 5.32 Å². The van der Waals surface area contributed by atoms with Gasteiger partial charge in [-0.05, 0) is 57.1 Å². The molecular weight excluding hydrogens is 372 g/mol. The van der Waals surface area contributed by atoms with E-state index in [1.165, 1.54) is 25.7 Å². The van der Waals surface area contributed by atoms with Gasteiger partial charge in [0, 0.05) is 25.6 Å². The summed E-state index contributed by atoms with van der Waals surface area (Å²) in [7, 11) is -3.40. The van der Waals surface area contributed by atoms with Crippen molar-refractivity contribution in [1.29, 1.82) is 0 Å². The lowest BCUT2D eigenvalue weighted by Gasteiger charge is -2.31. The standard InChI is InChI=1S/C22H34N2O3S/c1-18-8-11-21(12-9-18)28(26,27)24-16-14-19(15-17-24)10-13-22(25)23-20-6-4-2-3-5-7-20/h8-9,11-12,19-20H,2-7,10,13-17H2,1H3,(H,23,25). The quantitative estimate of drug-likeness (QED) is 0.726. The highest BCUT2D eigenvalue weighted by Crippen LogP contribution is 2.27. The third-order valence-electron chi connectivity index (χ3n) is 6.23. The average molecular weight is 407 g/mol. The molecule has 3 rings (SSSR count). The number of amides is 1. The smallest absolute Gasteiger partial charge is 0.243 e. The molecule has 0 spiro atoms. The molecule has 1 amide bonds. The Kier molecular flexibility index (Phi) is 7.52. The molecule has 0 bridgehead atoms. The predicted molar refractivity (Wildman–Crippen MR) is 112 cm³/mol. The number of hydrogen-bond donors (Lipinski definition) is 1. The number of piperidine rings is 1. The van der Waals surface area contributed by atoms with E-state index < -0.39 is 10.0 Å². The second-order valence-corrected chi connectivity index (χ2v) is 10.4. The van der Waals surface area contributed by atoms with Gasteiger partial charge in [0.25, 0.3) is 0 Å². The van der Waals surface area contributed by atoms with Gasteiger partial charge in [0.2, 0.25) is 15.9 Å². The highest BCUT2D eigenvalue weighted by Gasteiger charge is 2.29. The predicted octanol–water partition coefficient (Wildman–Crippen LogP) is 4.01. The van der Waals surface area contributed by atoms with Crippen molar-refractivity contribution in [3.8, 4) is 0 Å². The maximum atomic E-state index is 12.8. The number of rotatable bonds is 6. The van der Waals surface area contributed by atoms with Gasteiger partial charge in [-0.3, -0.25) is 4.79 Å². The van der Waals surface area contributed by atoms with Gasteiger partial charge in [-0.2, -0.15) is 4.31 Å². The Bertz CT molecular complexity index is 730. The third-order valence-corrected chi connectivity index (χ3v) is 8.15. The first kappa shape index (κ1) is 21.3. The molecule has 2 aliphatic rings. The average Bonchev–Trinajstić information content (AvgIpc) is 2.96. The minimum absolute atomic E-state index is 0.168. The van der Waals surface area contributed by atoms with Crippen LogP contribution in [0.1, 0.15) is 69.8 Å². The molecule has 1 saturated heterocycles. The molecule has 2 fully saturated rings. The van der Waals surface area contributed by atoms with Crippen LogP contribution in [0.25, 0.3) is 0 Å². The molecule has 1 aromatic rings. The Morgan fingerprint density at radius 2 is 1.61 bits per heavy atom. The molecule has 156 valence electrons. The van der Waals surface area contributed by atoms with Gasteiger partial charge in [-0.25, -0.2) is 8.42 Å². The number of nitrogens with zero attached hydrogens (tertiary/aromatic N) is 1. The summed E-state index contributed by atoms with van der Waals surface area (Å²) in [4.78, 5) is 12.7. The minimum Gasteiger partial charge on any atom is -0.353 e. The van der Waals surface area contributed by atoms with Gasteiger partial charge < -0.3 is 5.32 Å². The summed E-state index contributed by atoms with van der Waals surface area (Å²) in [6.07, 6.45) is 10.3. The second-order valence-electron chi connectivity index (χ2n) is 8.46. The Morgan fingerprint density at radius 3 is 2.21 bits per heavy atom. The Hall–Kier alpha value is -1.40. The van der Waals surface area contributed by atoms with Gasteiger partial charge in [0.05, 0.1) is 4.90 Å². The number of sulfonamides is 1. The lowest BCUT2D eigenvalue weighted by molar-refractivity contribution is -0.122. The normalized spacial score (nSPS) is 20.6. The summed E-state index contributed by atoms with van der Waals surface area (Å²) >= 11 is 0. The molecule has 0 aromatic heterocycles. The van der Waals surface area contributed by atoms with Gasteiger partial charge in [0.15, 0.2) is 0 Å². The molecule has 0 radical (unpaired) electrons. The fourth-order valence-corrected chi connectivity index (χ4v) is 5.83. The maximum Gasteiger partial charge on any atom is 0.243 e. The van der Waals surface area contributed by atoms with E-state index >= 15 is 0 Å². The molecule has 1 aromatic carbocycles. The van der Waals surface area contributed by atoms with Crippen molar-refractivity contribution in [2.75, 3.05) is 13.1 Å². The highest BCUT2D eigenvalue weighted by atomic mass is 32.2. The Morgan fingerprint density at radius 1 is 1.00 bits per heavy atom. The zero-order valence-corrected chi connectivity index (χ0v) is 17.8. The topological polar surface area (TPSA) is 66.5 Å². The van der Waals surface area contributed by atoms with Gasteiger partial charge in [-0.1, -0.05) is 43.4 Å². The number of aryl methyl sites for hydroxylation is 1. The zero-order chi connectivity index (χ0) is 20.0. The van der Waals surface area contributed by atoms with Crippen LogP contribution in [0, 0.1) is 12.8 Å². The van der Waals surface area contributed by atoms with Crippen molar-refractivity contribution >= 4 is 15.9 Å². The first-order valence-corrected chi connectivity index (χ1v) is 12.3. The summed E-state index contributed by atoms with van der Waals surface area (Å²) in [6, 6.07) is 7.42. The van der Waals surface area contributed by atoms with Gasteiger partial charge >= 0.3 is 0 Å². The van der Waals surface area contributed by atoms with E-state index in [1.54, 1.807) is 16.4 Å². The Labute approximate surface area is 169 Å². The van der Waals surface area contributed by atoms with E-state index in [0.717, 1.165) is 37.7 Å². The van der Waals surface area contributed by atoms with Crippen molar-refractivity contribution in [2.24, 2.45) is 5.92 Å². The first-order valence-electron chi connectivity index (χ1n) is 10.8. The first-order chi connectivity index (χ1) is 13.4. The highest BCUT2D eigenvalue weighted by molar-refractivity contribution is 7.89. The van der Waals surface area contributed by atoms with Crippen molar-refractivity contribution in [3.05, 3.63) is 29.8 Å². The molecular formula is C22H34N2O3S. The third kappa shape index (κ3) is 5.80. The van der Waals surface area contributed by atoms with Crippen molar-refractivity contribution in [3.63, 3.8) is 0 Å². The molecule has 1 N–H and O–H groups in total. The van der Waals surface area contributed by atoms with Crippen LogP contribution in [0.15, 0.2) is 29.2 Å². The fraction of sp³-hybridized carbons (Fsp3) is 0.682. The second kappa shape index (κ2) is 9.88.